The molecule has 0 bridgehead atoms. The van der Waals surface area contributed by atoms with E-state index in [9.17, 15) is 32.4 Å². The molecule has 0 spiro atoms. The van der Waals surface area contributed by atoms with E-state index in [1.807, 2.05) is 6.07 Å². The van der Waals surface area contributed by atoms with E-state index in [2.05, 4.69) is 26.9 Å². The molecule has 4 amide bonds. The second kappa shape index (κ2) is 15.8. The number of likely N-dealkylation sites (tertiary alicyclic amines) is 1. The maximum Gasteiger partial charge on any atom is 0.408 e. The van der Waals surface area contributed by atoms with Gasteiger partial charge in [-0.1, -0.05) is 12.2 Å². The van der Waals surface area contributed by atoms with Crippen molar-refractivity contribution in [3.05, 3.63) is 54.8 Å². The summed E-state index contributed by atoms with van der Waals surface area (Å²) in [6, 6.07) is 4.62. The molecule has 3 N–H and O–H groups in total. The van der Waals surface area contributed by atoms with Crippen molar-refractivity contribution in [3.8, 4) is 11.6 Å². The van der Waals surface area contributed by atoms with Crippen molar-refractivity contribution in [3.63, 3.8) is 0 Å². The minimum absolute atomic E-state index is 0.0433. The summed E-state index contributed by atoms with van der Waals surface area (Å²) in [7, 11) is -2.38. The zero-order valence-corrected chi connectivity index (χ0v) is 32.3. The van der Waals surface area contributed by atoms with Gasteiger partial charge in [0.2, 0.25) is 27.7 Å². The fraction of sp³-hybridized carbons (Fsp3) is 0.526. The van der Waals surface area contributed by atoms with Gasteiger partial charge in [0.25, 0.3) is 5.91 Å². The summed E-state index contributed by atoms with van der Waals surface area (Å²) in [6.07, 6.45) is 3.75. The molecule has 1 aromatic carbocycles. The smallest absolute Gasteiger partial charge is 0.408 e. The second-order valence-corrected chi connectivity index (χ2v) is 17.0. The highest BCUT2D eigenvalue weighted by atomic mass is 32.2. The Morgan fingerprint density at radius 1 is 1.15 bits per heavy atom. The van der Waals surface area contributed by atoms with Crippen LogP contribution in [0.5, 0.6) is 11.6 Å². The summed E-state index contributed by atoms with van der Waals surface area (Å²) in [5, 5.41) is 6.11. The summed E-state index contributed by atoms with van der Waals surface area (Å²) in [4.78, 5) is 73.7. The molecule has 5 atom stereocenters. The van der Waals surface area contributed by atoms with Crippen molar-refractivity contribution in [1.82, 2.24) is 25.2 Å². The number of Topliss-reactive ketones (excluding diaryl/α,β-unsaturated/α-hetero) is 1. The van der Waals surface area contributed by atoms with E-state index >= 15 is 0 Å². The molecule has 2 aliphatic carbocycles. The average molecular weight is 768 g/mol. The van der Waals surface area contributed by atoms with Gasteiger partial charge >= 0.3 is 6.09 Å². The number of hydrogen-bond donors (Lipinski definition) is 3. The van der Waals surface area contributed by atoms with Crippen LogP contribution in [0.15, 0.2) is 54.8 Å². The number of pyridine rings is 1. The van der Waals surface area contributed by atoms with E-state index in [1.165, 1.54) is 11.0 Å². The molecule has 15 nitrogen and oxygen atoms in total. The lowest BCUT2D eigenvalue weighted by Gasteiger charge is -2.30. The van der Waals surface area contributed by atoms with E-state index in [0.717, 1.165) is 5.39 Å². The van der Waals surface area contributed by atoms with E-state index in [-0.39, 0.29) is 43.9 Å². The van der Waals surface area contributed by atoms with Crippen LogP contribution in [0.4, 0.5) is 4.79 Å². The SMILES string of the molecule is C=CC1CC1(NC(=O)C1CC(Oc2nccc3cc(OC)ccc23)CN1C(=O)C(CCC(=O)C(C)=CC)NC(=O)OC(C)(C)C)C(=O)NS(=O)(=O)C1CC1. The molecule has 1 saturated heterocycles. The van der Waals surface area contributed by atoms with E-state index in [1.54, 1.807) is 72.2 Å². The monoisotopic (exact) mass is 767 g/mol. The zero-order chi connectivity index (χ0) is 39.6. The van der Waals surface area contributed by atoms with Crippen molar-refractivity contribution >= 4 is 50.4 Å². The third kappa shape index (κ3) is 9.20. The van der Waals surface area contributed by atoms with Crippen molar-refractivity contribution < 1.29 is 46.6 Å². The average Bonchev–Trinajstić information content (AvgIpc) is 4.05. The molecule has 5 unspecified atom stereocenters. The van der Waals surface area contributed by atoms with Gasteiger partial charge in [-0.15, -0.1) is 6.58 Å². The van der Waals surface area contributed by atoms with Crippen molar-refractivity contribution in [2.45, 2.75) is 108 Å². The lowest BCUT2D eigenvalue weighted by atomic mass is 10.0. The Kier molecular flexibility index (Phi) is 11.7. The molecule has 292 valence electrons. The van der Waals surface area contributed by atoms with Crippen LogP contribution >= 0.6 is 0 Å². The molecular formula is C38H49N5O10S. The Labute approximate surface area is 315 Å². The van der Waals surface area contributed by atoms with Gasteiger partial charge in [0.1, 0.15) is 35.1 Å². The summed E-state index contributed by atoms with van der Waals surface area (Å²) in [5.74, 6) is -2.21. The second-order valence-electron chi connectivity index (χ2n) is 15.0. The van der Waals surface area contributed by atoms with Gasteiger partial charge in [-0.2, -0.15) is 0 Å². The van der Waals surface area contributed by atoms with Crippen molar-refractivity contribution in [2.24, 2.45) is 5.92 Å². The molecule has 3 fully saturated rings. The third-order valence-corrected chi connectivity index (χ3v) is 11.7. The highest BCUT2D eigenvalue weighted by Crippen LogP contribution is 2.45. The van der Waals surface area contributed by atoms with E-state index in [4.69, 9.17) is 14.2 Å². The number of methoxy groups -OCH3 is 1. The Morgan fingerprint density at radius 3 is 2.48 bits per heavy atom. The standard InChI is InChI=1S/C38H49N5O10S/c1-8-22(3)31(44)15-14-29(40-36(48)53-37(4,5)6)34(46)43-21-26(52-33-28-13-10-25(51-7)18-23(28)16-17-39-33)19-30(43)32(45)41-38(20-24(38)9-2)35(47)42-54(49,50)27-11-12-27/h8-10,13,16-18,24,26-27,29-30H,2,11-12,14-15,19-21H2,1,3-7H3,(H,40,48)(H,41,45)(H,42,47). The zero-order valence-electron chi connectivity index (χ0n) is 31.5. The molecule has 0 radical (unpaired) electrons. The molecule has 2 aromatic rings. The van der Waals surface area contributed by atoms with Gasteiger partial charge in [-0.3, -0.25) is 23.9 Å². The molecule has 1 aromatic heterocycles. The number of hydrogen-bond acceptors (Lipinski definition) is 11. The molecule has 2 heterocycles. The molecular weight excluding hydrogens is 719 g/mol. The van der Waals surface area contributed by atoms with Crippen LogP contribution < -0.4 is 24.8 Å². The topological polar surface area (TPSA) is 199 Å². The van der Waals surface area contributed by atoms with Crippen LogP contribution in [0.25, 0.3) is 10.8 Å². The lowest BCUT2D eigenvalue weighted by molar-refractivity contribution is -0.141. The number of benzene rings is 1. The highest BCUT2D eigenvalue weighted by molar-refractivity contribution is 7.91. The number of ketones is 1. The van der Waals surface area contributed by atoms with Crippen LogP contribution in [0.2, 0.25) is 0 Å². The van der Waals surface area contributed by atoms with Crippen LogP contribution in [0, 0.1) is 5.92 Å². The first-order valence-electron chi connectivity index (χ1n) is 18.0. The van der Waals surface area contributed by atoms with Gasteiger partial charge in [0.15, 0.2) is 5.78 Å². The van der Waals surface area contributed by atoms with Crippen LogP contribution in [-0.4, -0.2) is 96.1 Å². The largest absolute Gasteiger partial charge is 0.497 e. The van der Waals surface area contributed by atoms with E-state index < -0.39 is 74.3 Å². The Balaban J connectivity index is 1.45. The first-order chi connectivity index (χ1) is 25.4. The first-order valence-corrected chi connectivity index (χ1v) is 19.5. The number of rotatable bonds is 15. The number of sulfonamides is 1. The third-order valence-electron chi connectivity index (χ3n) is 9.83. The maximum absolute atomic E-state index is 14.5. The Morgan fingerprint density at radius 2 is 1.87 bits per heavy atom. The van der Waals surface area contributed by atoms with Gasteiger partial charge in [-0.25, -0.2) is 18.2 Å². The van der Waals surface area contributed by atoms with Crippen LogP contribution in [0.3, 0.4) is 0 Å². The highest BCUT2D eigenvalue weighted by Gasteiger charge is 2.62. The summed E-state index contributed by atoms with van der Waals surface area (Å²) in [6.45, 7) is 12.0. The van der Waals surface area contributed by atoms with E-state index in [0.29, 0.717) is 29.6 Å². The number of alkyl carbamates (subject to hydrolysis) is 1. The molecule has 5 rings (SSSR count). The number of carbonyl (C=O) groups excluding carboxylic acids is 5. The minimum Gasteiger partial charge on any atom is -0.497 e. The lowest BCUT2D eigenvalue weighted by Crippen LogP contribution is -2.58. The Hall–Kier alpha value is -4.99. The van der Waals surface area contributed by atoms with Crippen molar-refractivity contribution in [1.29, 1.82) is 0 Å². The summed E-state index contributed by atoms with van der Waals surface area (Å²) in [5.41, 5.74) is -2.01. The molecule has 3 aliphatic rings. The predicted molar refractivity (Wildman–Crippen MR) is 199 cm³/mol. The number of fused-ring (bicyclic) bond motifs is 1. The van der Waals surface area contributed by atoms with Crippen LogP contribution in [0.1, 0.15) is 73.1 Å². The molecule has 54 heavy (non-hydrogen) atoms. The maximum atomic E-state index is 14.5. The molecule has 1 aliphatic heterocycles. The quantitative estimate of drug-likeness (QED) is 0.177. The van der Waals surface area contributed by atoms with Gasteiger partial charge in [0.05, 0.1) is 18.9 Å². The number of ether oxygens (including phenoxy) is 3. The number of nitrogens with zero attached hydrogens (tertiary/aromatic N) is 2. The number of nitrogens with one attached hydrogen (secondary N) is 3. The predicted octanol–water partition coefficient (Wildman–Crippen LogP) is 3.47. The van der Waals surface area contributed by atoms with Gasteiger partial charge < -0.3 is 29.7 Å². The number of amides is 4. The normalized spacial score (nSPS) is 23.2. The summed E-state index contributed by atoms with van der Waals surface area (Å²) >= 11 is 0. The number of aromatic nitrogens is 1. The van der Waals surface area contributed by atoms with Crippen LogP contribution in [-0.2, 0) is 33.9 Å². The number of allylic oxidation sites excluding steroid dienone is 2. The summed E-state index contributed by atoms with van der Waals surface area (Å²) < 4.78 is 44.7. The number of carbonyl (C=O) groups is 5. The molecule has 2 saturated carbocycles. The fourth-order valence-electron chi connectivity index (χ4n) is 6.44. The van der Waals surface area contributed by atoms with Gasteiger partial charge in [-0.05, 0) is 95.5 Å². The molecule has 16 heteroatoms. The fourth-order valence-corrected chi connectivity index (χ4v) is 7.81. The Bertz CT molecular complexity index is 1970. The van der Waals surface area contributed by atoms with Crippen molar-refractivity contribution in [2.75, 3.05) is 13.7 Å². The van der Waals surface area contributed by atoms with Gasteiger partial charge in [0, 0.05) is 30.3 Å². The first kappa shape index (κ1) is 40.2. The minimum atomic E-state index is -3.93.